The zero-order valence-corrected chi connectivity index (χ0v) is 13.6. The molecule has 6 nitrogen and oxygen atoms in total. The van der Waals surface area contributed by atoms with E-state index in [1.165, 1.54) is 0 Å². The number of benzene rings is 2. The maximum atomic E-state index is 12.6. The van der Waals surface area contributed by atoms with E-state index < -0.39 is 12.6 Å². The fourth-order valence-electron chi connectivity index (χ4n) is 2.82. The summed E-state index contributed by atoms with van der Waals surface area (Å²) >= 11 is 0. The number of hydrogen-bond donors (Lipinski definition) is 2. The molecule has 130 valence electrons. The number of hydrogen-bond acceptors (Lipinski definition) is 4. The molecular formula is C19H19NO5. The second-order valence-corrected chi connectivity index (χ2v) is 5.78. The summed E-state index contributed by atoms with van der Waals surface area (Å²) in [5.41, 5.74) is 1.75. The number of ether oxygens (including phenoxy) is 2. The van der Waals surface area contributed by atoms with Gasteiger partial charge in [0.15, 0.2) is 6.61 Å². The molecule has 25 heavy (non-hydrogen) atoms. The third kappa shape index (κ3) is 4.29. The highest BCUT2D eigenvalue weighted by atomic mass is 16.5. The van der Waals surface area contributed by atoms with Crippen molar-refractivity contribution < 1.29 is 24.2 Å². The number of carboxylic acids is 1. The topological polar surface area (TPSA) is 84.9 Å². The van der Waals surface area contributed by atoms with E-state index in [2.05, 4.69) is 5.32 Å². The summed E-state index contributed by atoms with van der Waals surface area (Å²) in [4.78, 5) is 23.1. The van der Waals surface area contributed by atoms with Crippen LogP contribution in [0.15, 0.2) is 48.5 Å². The molecule has 0 saturated carbocycles. The fraction of sp³-hybridized carbons (Fsp3) is 0.263. The molecule has 6 heteroatoms. The van der Waals surface area contributed by atoms with E-state index in [0.717, 1.165) is 16.9 Å². The predicted octanol–water partition coefficient (Wildman–Crippen LogP) is 2.33. The first kappa shape index (κ1) is 16.8. The molecule has 1 aliphatic rings. The molecule has 0 unspecified atom stereocenters. The van der Waals surface area contributed by atoms with E-state index in [1.54, 1.807) is 18.2 Å². The van der Waals surface area contributed by atoms with Crippen LogP contribution in [-0.2, 0) is 16.1 Å². The van der Waals surface area contributed by atoms with Gasteiger partial charge in [0, 0.05) is 12.1 Å². The van der Waals surface area contributed by atoms with Gasteiger partial charge in [-0.05, 0) is 30.2 Å². The van der Waals surface area contributed by atoms with Crippen LogP contribution in [0.4, 0.5) is 0 Å². The van der Waals surface area contributed by atoms with Crippen LogP contribution in [0, 0.1) is 0 Å². The molecule has 0 fully saturated rings. The summed E-state index contributed by atoms with van der Waals surface area (Å²) in [5.74, 6) is -0.0792. The summed E-state index contributed by atoms with van der Waals surface area (Å²) in [6.45, 7) is 0.477. The predicted molar refractivity (Wildman–Crippen MR) is 90.7 cm³/mol. The van der Waals surface area contributed by atoms with Gasteiger partial charge in [0.1, 0.15) is 11.5 Å². The number of para-hydroxylation sites is 1. The summed E-state index contributed by atoms with van der Waals surface area (Å²) in [6, 6.07) is 14.6. The van der Waals surface area contributed by atoms with Gasteiger partial charge in [-0.1, -0.05) is 30.3 Å². The number of carbonyl (C=O) groups is 2. The van der Waals surface area contributed by atoms with Crippen molar-refractivity contribution in [3.63, 3.8) is 0 Å². The minimum absolute atomic E-state index is 0.0485. The Balaban J connectivity index is 1.61. The fourth-order valence-corrected chi connectivity index (χ4v) is 2.82. The quantitative estimate of drug-likeness (QED) is 0.842. The van der Waals surface area contributed by atoms with Crippen molar-refractivity contribution in [2.24, 2.45) is 0 Å². The van der Waals surface area contributed by atoms with E-state index >= 15 is 0 Å². The maximum absolute atomic E-state index is 12.6. The molecular weight excluding hydrogens is 322 g/mol. The SMILES string of the molecule is O=C(O)COc1cccc(CNC(=O)[C@@H]2CCOc3ccccc32)c1. The molecule has 0 saturated heterocycles. The Morgan fingerprint density at radius 3 is 2.88 bits per heavy atom. The van der Waals surface area contributed by atoms with Crippen molar-refractivity contribution >= 4 is 11.9 Å². The molecule has 0 spiro atoms. The van der Waals surface area contributed by atoms with Gasteiger partial charge in [-0.25, -0.2) is 4.79 Å². The minimum atomic E-state index is -1.03. The number of nitrogens with one attached hydrogen (secondary N) is 1. The van der Waals surface area contributed by atoms with Crippen LogP contribution >= 0.6 is 0 Å². The number of rotatable bonds is 6. The zero-order valence-electron chi connectivity index (χ0n) is 13.6. The van der Waals surface area contributed by atoms with E-state index in [1.807, 2.05) is 30.3 Å². The first-order valence-corrected chi connectivity index (χ1v) is 8.06. The van der Waals surface area contributed by atoms with Gasteiger partial charge in [0.25, 0.3) is 0 Å². The average Bonchev–Trinajstić information content (AvgIpc) is 2.64. The van der Waals surface area contributed by atoms with E-state index in [4.69, 9.17) is 14.6 Å². The maximum Gasteiger partial charge on any atom is 0.341 e. The van der Waals surface area contributed by atoms with E-state index in [0.29, 0.717) is 25.3 Å². The molecule has 0 radical (unpaired) electrons. The molecule has 3 rings (SSSR count). The zero-order chi connectivity index (χ0) is 17.6. The van der Waals surface area contributed by atoms with Crippen LogP contribution < -0.4 is 14.8 Å². The van der Waals surface area contributed by atoms with Gasteiger partial charge in [0.05, 0.1) is 12.5 Å². The second-order valence-electron chi connectivity index (χ2n) is 5.78. The molecule has 1 heterocycles. The molecule has 2 aromatic rings. The lowest BCUT2D eigenvalue weighted by Gasteiger charge is -2.25. The number of carbonyl (C=O) groups excluding carboxylic acids is 1. The highest BCUT2D eigenvalue weighted by Gasteiger charge is 2.27. The van der Waals surface area contributed by atoms with Crippen molar-refractivity contribution in [3.05, 3.63) is 59.7 Å². The Hall–Kier alpha value is -3.02. The van der Waals surface area contributed by atoms with Crippen molar-refractivity contribution in [2.75, 3.05) is 13.2 Å². The van der Waals surface area contributed by atoms with Crippen LogP contribution in [0.3, 0.4) is 0 Å². The Morgan fingerprint density at radius 2 is 2.04 bits per heavy atom. The van der Waals surface area contributed by atoms with Crippen molar-refractivity contribution in [2.45, 2.75) is 18.9 Å². The Kier molecular flexibility index (Phi) is 5.18. The van der Waals surface area contributed by atoms with Crippen LogP contribution in [0.5, 0.6) is 11.5 Å². The number of fused-ring (bicyclic) bond motifs is 1. The summed E-state index contributed by atoms with van der Waals surface area (Å²) in [7, 11) is 0. The Morgan fingerprint density at radius 1 is 1.20 bits per heavy atom. The van der Waals surface area contributed by atoms with Crippen molar-refractivity contribution in [3.8, 4) is 11.5 Å². The largest absolute Gasteiger partial charge is 0.493 e. The number of amides is 1. The van der Waals surface area contributed by atoms with Gasteiger partial charge in [-0.2, -0.15) is 0 Å². The molecule has 1 aliphatic heterocycles. The first-order chi connectivity index (χ1) is 12.1. The van der Waals surface area contributed by atoms with Crippen LogP contribution in [0.25, 0.3) is 0 Å². The molecule has 2 N–H and O–H groups in total. The van der Waals surface area contributed by atoms with E-state index in [-0.39, 0.29) is 11.8 Å². The molecule has 1 amide bonds. The van der Waals surface area contributed by atoms with Gasteiger partial charge < -0.3 is 19.9 Å². The van der Waals surface area contributed by atoms with Crippen molar-refractivity contribution in [1.82, 2.24) is 5.32 Å². The van der Waals surface area contributed by atoms with Crippen LogP contribution in [0.1, 0.15) is 23.5 Å². The van der Waals surface area contributed by atoms with Gasteiger partial charge in [-0.3, -0.25) is 4.79 Å². The van der Waals surface area contributed by atoms with E-state index in [9.17, 15) is 9.59 Å². The molecule has 1 atom stereocenters. The lowest BCUT2D eigenvalue weighted by atomic mass is 9.92. The summed E-state index contributed by atoms with van der Waals surface area (Å²) in [5, 5.41) is 11.6. The summed E-state index contributed by atoms with van der Waals surface area (Å²) in [6.07, 6.45) is 0.643. The molecule has 0 aromatic heterocycles. The molecule has 0 bridgehead atoms. The Labute approximate surface area is 145 Å². The third-order valence-corrected chi connectivity index (χ3v) is 4.00. The van der Waals surface area contributed by atoms with Gasteiger partial charge in [0.2, 0.25) is 5.91 Å². The molecule has 0 aliphatic carbocycles. The van der Waals surface area contributed by atoms with Gasteiger partial charge in [-0.15, -0.1) is 0 Å². The lowest BCUT2D eigenvalue weighted by molar-refractivity contribution is -0.139. The van der Waals surface area contributed by atoms with Crippen LogP contribution in [0.2, 0.25) is 0 Å². The highest BCUT2D eigenvalue weighted by molar-refractivity contribution is 5.84. The second kappa shape index (κ2) is 7.70. The van der Waals surface area contributed by atoms with Gasteiger partial charge >= 0.3 is 5.97 Å². The smallest absolute Gasteiger partial charge is 0.341 e. The lowest BCUT2D eigenvalue weighted by Crippen LogP contribution is -2.32. The summed E-state index contributed by atoms with van der Waals surface area (Å²) < 4.78 is 10.7. The normalized spacial score (nSPS) is 15.6. The minimum Gasteiger partial charge on any atom is -0.493 e. The standard InChI is InChI=1S/C19H19NO5/c21-18(22)12-25-14-5-3-4-13(10-14)11-20-19(23)16-8-9-24-17-7-2-1-6-15(16)17/h1-7,10,16H,8-9,11-12H2,(H,20,23)(H,21,22)/t16-/m1/s1. The number of aliphatic carboxylic acids is 1. The highest BCUT2D eigenvalue weighted by Crippen LogP contribution is 2.33. The monoisotopic (exact) mass is 341 g/mol. The third-order valence-electron chi connectivity index (χ3n) is 4.00. The first-order valence-electron chi connectivity index (χ1n) is 8.06. The average molecular weight is 341 g/mol. The Bertz CT molecular complexity index is 774. The number of carboxylic acid groups (broad SMARTS) is 1. The van der Waals surface area contributed by atoms with Crippen molar-refractivity contribution in [1.29, 1.82) is 0 Å². The molecule has 2 aromatic carbocycles. The van der Waals surface area contributed by atoms with Crippen LogP contribution in [-0.4, -0.2) is 30.2 Å².